The van der Waals surface area contributed by atoms with Crippen LogP contribution < -0.4 is 20.7 Å². The third-order valence-corrected chi connectivity index (χ3v) is 2.48. The molecule has 1 aromatic carbocycles. The molecule has 6 nitrogen and oxygen atoms in total. The van der Waals surface area contributed by atoms with Gasteiger partial charge in [-0.25, -0.2) is 4.79 Å². The smallest absolute Gasteiger partial charge is 0.318 e. The molecule has 3 N–H and O–H groups in total. The van der Waals surface area contributed by atoms with E-state index in [9.17, 15) is 9.59 Å². The van der Waals surface area contributed by atoms with Crippen molar-refractivity contribution in [3.05, 3.63) is 36.0 Å². The Morgan fingerprint density at radius 2 is 2.10 bits per heavy atom. The summed E-state index contributed by atoms with van der Waals surface area (Å²) in [4.78, 5) is 21.4. The van der Waals surface area contributed by atoms with E-state index >= 15 is 0 Å². The van der Waals surface area contributed by atoms with Crippen LogP contribution in [0.5, 0.6) is 5.75 Å². The lowest BCUT2D eigenvalue weighted by Gasteiger charge is -2.05. The number of hydrogen-bond acceptors (Lipinski definition) is 3. The first-order valence-electron chi connectivity index (χ1n) is 6.29. The summed E-state index contributed by atoms with van der Waals surface area (Å²) in [5, 5.41) is 7.78. The van der Waals surface area contributed by atoms with Gasteiger partial charge >= 0.3 is 6.03 Å². The van der Waals surface area contributed by atoms with Crippen LogP contribution in [-0.4, -0.2) is 32.6 Å². The molecule has 0 aliphatic rings. The number of methoxy groups -OCH3 is 1. The minimum atomic E-state index is -0.290. The van der Waals surface area contributed by atoms with E-state index in [1.807, 2.05) is 24.3 Å². The summed E-state index contributed by atoms with van der Waals surface area (Å²) in [5.74, 6) is 0.742. The van der Waals surface area contributed by atoms with Gasteiger partial charge in [0.2, 0.25) is 6.41 Å². The zero-order valence-corrected chi connectivity index (χ0v) is 11.4. The number of rotatable bonds is 8. The van der Waals surface area contributed by atoms with Gasteiger partial charge in [0.05, 0.1) is 7.11 Å². The minimum Gasteiger partial charge on any atom is -0.496 e. The maximum Gasteiger partial charge on any atom is 0.318 e. The summed E-state index contributed by atoms with van der Waals surface area (Å²) in [5.41, 5.74) is 0.880. The molecule has 0 spiro atoms. The lowest BCUT2D eigenvalue weighted by Crippen LogP contribution is -2.33. The second-order valence-electron chi connectivity index (χ2n) is 3.90. The topological polar surface area (TPSA) is 79.5 Å². The molecule has 0 aromatic heterocycles. The number of amides is 3. The molecule has 0 saturated heterocycles. The quantitative estimate of drug-likeness (QED) is 0.492. The Hall–Kier alpha value is -2.50. The second-order valence-corrected chi connectivity index (χ2v) is 3.90. The highest BCUT2D eigenvalue weighted by Gasteiger charge is 1.98. The fourth-order valence-electron chi connectivity index (χ4n) is 1.51. The van der Waals surface area contributed by atoms with Gasteiger partial charge in [-0.3, -0.25) is 4.79 Å². The first-order chi connectivity index (χ1) is 9.77. The number of carbonyl (C=O) groups is 2. The predicted octanol–water partition coefficient (Wildman–Crippen LogP) is 1.10. The van der Waals surface area contributed by atoms with Crippen LogP contribution in [0.4, 0.5) is 4.79 Å². The van der Waals surface area contributed by atoms with Crippen molar-refractivity contribution in [3.63, 3.8) is 0 Å². The Kier molecular flexibility index (Phi) is 7.34. The first kappa shape index (κ1) is 15.6. The van der Waals surface area contributed by atoms with Crippen molar-refractivity contribution >= 4 is 18.5 Å². The molecule has 0 aliphatic carbocycles. The zero-order valence-electron chi connectivity index (χ0n) is 11.4. The number of carbonyl (C=O) groups excluding carboxylic acids is 2. The monoisotopic (exact) mass is 277 g/mol. The highest BCUT2D eigenvalue weighted by atomic mass is 16.5. The summed E-state index contributed by atoms with van der Waals surface area (Å²) in [6, 6.07) is 7.22. The molecule has 0 aliphatic heterocycles. The molecular weight excluding hydrogens is 258 g/mol. The van der Waals surface area contributed by atoms with Crippen LogP contribution >= 0.6 is 0 Å². The maximum atomic E-state index is 11.4. The second kappa shape index (κ2) is 9.43. The fourth-order valence-corrected chi connectivity index (χ4v) is 1.51. The van der Waals surface area contributed by atoms with E-state index in [1.165, 1.54) is 0 Å². The van der Waals surface area contributed by atoms with Crippen molar-refractivity contribution in [1.82, 2.24) is 16.0 Å². The maximum absolute atomic E-state index is 11.4. The van der Waals surface area contributed by atoms with Crippen LogP contribution in [0, 0.1) is 0 Å². The summed E-state index contributed by atoms with van der Waals surface area (Å²) >= 11 is 0. The molecule has 0 saturated carbocycles. The fraction of sp³-hybridized carbons (Fsp3) is 0.286. The number of hydrogen-bond donors (Lipinski definition) is 3. The van der Waals surface area contributed by atoms with E-state index in [4.69, 9.17) is 4.74 Å². The Morgan fingerprint density at radius 3 is 2.85 bits per heavy atom. The van der Waals surface area contributed by atoms with Crippen molar-refractivity contribution < 1.29 is 14.3 Å². The average Bonchev–Trinajstić information content (AvgIpc) is 2.47. The van der Waals surface area contributed by atoms with E-state index in [2.05, 4.69) is 16.0 Å². The molecule has 6 heteroatoms. The Bertz CT molecular complexity index is 461. The summed E-state index contributed by atoms with van der Waals surface area (Å²) in [6.45, 7) is 1.04. The molecule has 3 amide bonds. The molecule has 0 fully saturated rings. The molecule has 0 unspecified atom stereocenters. The Morgan fingerprint density at radius 1 is 1.30 bits per heavy atom. The van der Waals surface area contributed by atoms with Crippen molar-refractivity contribution in [3.8, 4) is 5.75 Å². The van der Waals surface area contributed by atoms with Gasteiger partial charge < -0.3 is 20.7 Å². The molecule has 0 radical (unpaired) electrons. The molecule has 108 valence electrons. The molecule has 0 heterocycles. The molecular formula is C14H19N3O3. The Balaban J connectivity index is 2.29. The zero-order chi connectivity index (χ0) is 14.6. The van der Waals surface area contributed by atoms with E-state index < -0.39 is 0 Å². The third-order valence-electron chi connectivity index (χ3n) is 2.48. The minimum absolute atomic E-state index is 0.290. The highest BCUT2D eigenvalue weighted by Crippen LogP contribution is 2.17. The normalized spacial score (nSPS) is 10.1. The largest absolute Gasteiger partial charge is 0.496 e. The number of urea groups is 1. The van der Waals surface area contributed by atoms with Crippen LogP contribution in [0.1, 0.15) is 12.0 Å². The van der Waals surface area contributed by atoms with Crippen LogP contribution in [-0.2, 0) is 4.79 Å². The van der Waals surface area contributed by atoms with Gasteiger partial charge in [-0.15, -0.1) is 0 Å². The van der Waals surface area contributed by atoms with Gasteiger partial charge in [0, 0.05) is 24.9 Å². The average molecular weight is 277 g/mol. The van der Waals surface area contributed by atoms with Crippen LogP contribution in [0.15, 0.2) is 30.5 Å². The lowest BCUT2D eigenvalue weighted by molar-refractivity contribution is -0.109. The number of nitrogens with one attached hydrogen (secondary N) is 3. The molecule has 20 heavy (non-hydrogen) atoms. The predicted molar refractivity (Wildman–Crippen MR) is 77.2 cm³/mol. The van der Waals surface area contributed by atoms with Crippen molar-refractivity contribution in [1.29, 1.82) is 0 Å². The van der Waals surface area contributed by atoms with Gasteiger partial charge in [-0.2, -0.15) is 0 Å². The SMILES string of the molecule is COc1ccccc1/C=C/NC(=O)NCCCNC=O. The Labute approximate surface area is 118 Å². The van der Waals surface area contributed by atoms with Crippen molar-refractivity contribution in [2.45, 2.75) is 6.42 Å². The summed E-state index contributed by atoms with van der Waals surface area (Å²) < 4.78 is 5.19. The van der Waals surface area contributed by atoms with Gasteiger partial charge in [0.15, 0.2) is 0 Å². The van der Waals surface area contributed by atoms with Crippen LogP contribution in [0.2, 0.25) is 0 Å². The van der Waals surface area contributed by atoms with Gasteiger partial charge in [-0.05, 0) is 18.6 Å². The van der Waals surface area contributed by atoms with E-state index in [1.54, 1.807) is 19.4 Å². The van der Waals surface area contributed by atoms with E-state index in [0.29, 0.717) is 25.9 Å². The number of ether oxygens (including phenoxy) is 1. The molecule has 0 atom stereocenters. The lowest BCUT2D eigenvalue weighted by atomic mass is 10.2. The number of benzene rings is 1. The number of para-hydroxylation sites is 1. The van der Waals surface area contributed by atoms with E-state index in [-0.39, 0.29) is 6.03 Å². The van der Waals surface area contributed by atoms with E-state index in [0.717, 1.165) is 11.3 Å². The van der Waals surface area contributed by atoms with Crippen LogP contribution in [0.3, 0.4) is 0 Å². The van der Waals surface area contributed by atoms with Crippen molar-refractivity contribution in [2.75, 3.05) is 20.2 Å². The third kappa shape index (κ3) is 5.90. The molecule has 0 bridgehead atoms. The summed E-state index contributed by atoms with van der Waals surface area (Å²) in [6.07, 6.45) is 4.63. The standard InChI is InChI=1S/C14H19N3O3/c1-20-13-6-3-2-5-12(13)7-10-17-14(19)16-9-4-8-15-11-18/h2-3,5-7,10-11H,4,8-9H2,1H3,(H,15,18)(H2,16,17,19)/b10-7+. The van der Waals surface area contributed by atoms with Gasteiger partial charge in [-0.1, -0.05) is 18.2 Å². The van der Waals surface area contributed by atoms with Crippen molar-refractivity contribution in [2.24, 2.45) is 0 Å². The van der Waals surface area contributed by atoms with Gasteiger partial charge in [0.25, 0.3) is 0 Å². The first-order valence-corrected chi connectivity index (χ1v) is 6.29. The summed E-state index contributed by atoms with van der Waals surface area (Å²) in [7, 11) is 1.60. The van der Waals surface area contributed by atoms with Crippen LogP contribution in [0.25, 0.3) is 6.08 Å². The highest BCUT2D eigenvalue weighted by molar-refractivity contribution is 5.76. The molecule has 1 rings (SSSR count). The van der Waals surface area contributed by atoms with Gasteiger partial charge in [0.1, 0.15) is 5.75 Å². The molecule has 1 aromatic rings.